The second kappa shape index (κ2) is 8.63. The molecule has 0 fully saturated rings. The Bertz CT molecular complexity index is 1340. The van der Waals surface area contributed by atoms with Gasteiger partial charge in [0, 0.05) is 21.8 Å². The smallest absolute Gasteiger partial charge is 0.257 e. The maximum Gasteiger partial charge on any atom is 0.257 e. The van der Waals surface area contributed by atoms with E-state index in [9.17, 15) is 9.18 Å². The summed E-state index contributed by atoms with van der Waals surface area (Å²) < 4.78 is 19.2. The molecule has 0 aliphatic heterocycles. The number of hydrogen-bond donors (Lipinski definition) is 2. The van der Waals surface area contributed by atoms with Gasteiger partial charge in [-0.2, -0.15) is 0 Å². The van der Waals surface area contributed by atoms with Crippen LogP contribution in [0.5, 0.6) is 0 Å². The Balaban J connectivity index is 1.57. The quantitative estimate of drug-likeness (QED) is 0.338. The molecule has 1 heterocycles. The minimum absolute atomic E-state index is 0.0712. The van der Waals surface area contributed by atoms with Crippen LogP contribution in [0.2, 0.25) is 10.0 Å². The van der Waals surface area contributed by atoms with Crippen molar-refractivity contribution < 1.29 is 13.6 Å². The molecule has 0 saturated carbocycles. The number of oxazole rings is 1. The average Bonchev–Trinajstić information content (AvgIpc) is 3.13. The van der Waals surface area contributed by atoms with E-state index in [1.54, 1.807) is 24.3 Å². The molecule has 156 valence electrons. The molecule has 0 atom stereocenters. The number of nitrogens with one attached hydrogen (secondary N) is 2. The maximum absolute atomic E-state index is 13.3. The van der Waals surface area contributed by atoms with E-state index < -0.39 is 11.7 Å². The van der Waals surface area contributed by atoms with Gasteiger partial charge >= 0.3 is 0 Å². The summed E-state index contributed by atoms with van der Waals surface area (Å²) >= 11 is 17.5. The molecule has 4 rings (SSSR count). The van der Waals surface area contributed by atoms with Crippen molar-refractivity contribution in [2.75, 3.05) is 5.32 Å². The molecule has 1 aromatic heterocycles. The summed E-state index contributed by atoms with van der Waals surface area (Å²) in [5, 5.41) is 6.42. The maximum atomic E-state index is 13.3. The lowest BCUT2D eigenvalue weighted by molar-refractivity contribution is 0.0977. The largest absolute Gasteiger partial charge is 0.434 e. The second-order valence-corrected chi connectivity index (χ2v) is 7.90. The van der Waals surface area contributed by atoms with Gasteiger partial charge in [-0.15, -0.1) is 0 Å². The van der Waals surface area contributed by atoms with Crippen molar-refractivity contribution in [3.8, 4) is 11.5 Å². The number of carbonyl (C=O) groups excluding carboxylic acids is 1. The van der Waals surface area contributed by atoms with Crippen molar-refractivity contribution in [2.45, 2.75) is 6.92 Å². The van der Waals surface area contributed by atoms with Crippen molar-refractivity contribution >= 4 is 63.2 Å². The summed E-state index contributed by atoms with van der Waals surface area (Å²) in [4.78, 5) is 16.8. The molecular weight excluding hydrogens is 460 g/mol. The highest BCUT2D eigenvalue weighted by Crippen LogP contribution is 2.34. The molecule has 4 aromatic rings. The van der Waals surface area contributed by atoms with E-state index in [0.717, 1.165) is 11.6 Å². The first-order chi connectivity index (χ1) is 14.8. The number of nitrogens with zero attached hydrogens (tertiary/aromatic N) is 1. The molecule has 9 heteroatoms. The Labute approximate surface area is 192 Å². The third kappa shape index (κ3) is 4.54. The summed E-state index contributed by atoms with van der Waals surface area (Å²) in [5.41, 5.74) is 3.30. The van der Waals surface area contributed by atoms with E-state index in [-0.39, 0.29) is 10.7 Å². The first-order valence-electron chi connectivity index (χ1n) is 9.05. The molecular formula is C22H14Cl2FN3O2S. The summed E-state index contributed by atoms with van der Waals surface area (Å²) in [6.07, 6.45) is 0. The van der Waals surface area contributed by atoms with Gasteiger partial charge in [0.1, 0.15) is 11.3 Å². The molecule has 31 heavy (non-hydrogen) atoms. The third-order valence-electron chi connectivity index (χ3n) is 4.54. The monoisotopic (exact) mass is 473 g/mol. The summed E-state index contributed by atoms with van der Waals surface area (Å²) in [6, 6.07) is 14.0. The molecule has 0 radical (unpaired) electrons. The minimum atomic E-state index is -0.517. The number of carbonyl (C=O) groups is 1. The van der Waals surface area contributed by atoms with Gasteiger partial charge in [0.05, 0.1) is 5.02 Å². The van der Waals surface area contributed by atoms with Gasteiger partial charge < -0.3 is 9.73 Å². The van der Waals surface area contributed by atoms with Crippen LogP contribution < -0.4 is 10.6 Å². The fraction of sp³-hybridized carbons (Fsp3) is 0.0455. The number of fused-ring (bicyclic) bond motifs is 1. The molecule has 0 aliphatic carbocycles. The van der Waals surface area contributed by atoms with Gasteiger partial charge in [0.2, 0.25) is 5.89 Å². The fourth-order valence-corrected chi connectivity index (χ4v) is 3.76. The molecule has 5 nitrogen and oxygen atoms in total. The predicted molar refractivity (Wildman–Crippen MR) is 124 cm³/mol. The van der Waals surface area contributed by atoms with Crippen LogP contribution in [0.25, 0.3) is 22.6 Å². The molecule has 2 N–H and O–H groups in total. The van der Waals surface area contributed by atoms with Crippen molar-refractivity contribution in [1.29, 1.82) is 0 Å². The van der Waals surface area contributed by atoms with Gasteiger partial charge in [0.25, 0.3) is 5.91 Å². The predicted octanol–water partition coefficient (Wildman–Crippen LogP) is 6.38. The van der Waals surface area contributed by atoms with E-state index in [1.165, 1.54) is 18.2 Å². The van der Waals surface area contributed by atoms with Gasteiger partial charge in [-0.05, 0) is 67.2 Å². The lowest BCUT2D eigenvalue weighted by atomic mass is 10.1. The van der Waals surface area contributed by atoms with Crippen LogP contribution in [0.1, 0.15) is 15.9 Å². The van der Waals surface area contributed by atoms with Crippen LogP contribution >= 0.6 is 35.4 Å². The number of amides is 1. The number of hydrogen-bond acceptors (Lipinski definition) is 4. The molecule has 0 spiro atoms. The fourth-order valence-electron chi connectivity index (χ4n) is 3.04. The van der Waals surface area contributed by atoms with E-state index in [4.69, 9.17) is 39.8 Å². The summed E-state index contributed by atoms with van der Waals surface area (Å²) in [6.45, 7) is 1.86. The molecule has 0 bridgehead atoms. The number of halogens is 3. The zero-order chi connectivity index (χ0) is 22.1. The third-order valence-corrected chi connectivity index (χ3v) is 5.24. The Kier molecular flexibility index (Phi) is 5.91. The van der Waals surface area contributed by atoms with Crippen LogP contribution in [0.15, 0.2) is 59.0 Å². The SMILES string of the molecule is Cc1c(NC(=S)NC(=O)c2cccc(F)c2)cccc1-c1nc2cc(Cl)cc(Cl)c2o1. The number of rotatable bonds is 3. The Morgan fingerprint density at radius 2 is 1.90 bits per heavy atom. The highest BCUT2D eigenvalue weighted by atomic mass is 35.5. The lowest BCUT2D eigenvalue weighted by Gasteiger charge is -2.13. The standard InChI is InChI=1S/C22H14Cl2FN3O2S/c1-11-15(21-26-18-10-13(23)9-16(24)19(18)30-21)6-3-7-17(11)27-22(31)28-20(29)12-4-2-5-14(25)8-12/h2-10H,1H3,(H2,27,28,29,31). The van der Waals surface area contributed by atoms with Crippen molar-refractivity contribution in [3.63, 3.8) is 0 Å². The highest BCUT2D eigenvalue weighted by molar-refractivity contribution is 7.80. The van der Waals surface area contributed by atoms with Crippen LogP contribution in [-0.2, 0) is 0 Å². The first kappa shape index (κ1) is 21.2. The van der Waals surface area contributed by atoms with Crippen molar-refractivity contribution in [3.05, 3.63) is 81.6 Å². The van der Waals surface area contributed by atoms with Crippen LogP contribution in [0.4, 0.5) is 10.1 Å². The van der Waals surface area contributed by atoms with Gasteiger partial charge in [-0.25, -0.2) is 9.37 Å². The number of benzene rings is 3. The van der Waals surface area contributed by atoms with E-state index >= 15 is 0 Å². The van der Waals surface area contributed by atoms with Crippen LogP contribution in [0, 0.1) is 12.7 Å². The van der Waals surface area contributed by atoms with E-state index in [1.807, 2.05) is 13.0 Å². The van der Waals surface area contributed by atoms with Crippen molar-refractivity contribution in [2.24, 2.45) is 0 Å². The second-order valence-electron chi connectivity index (χ2n) is 6.65. The van der Waals surface area contributed by atoms with Gasteiger partial charge in [-0.3, -0.25) is 10.1 Å². The van der Waals surface area contributed by atoms with Crippen molar-refractivity contribution in [1.82, 2.24) is 10.3 Å². The molecule has 0 aliphatic rings. The number of aromatic nitrogens is 1. The lowest BCUT2D eigenvalue weighted by Crippen LogP contribution is -2.34. The van der Waals surface area contributed by atoms with Gasteiger partial charge in [-0.1, -0.05) is 35.3 Å². The molecule has 3 aromatic carbocycles. The topological polar surface area (TPSA) is 67.2 Å². The van der Waals surface area contributed by atoms with Crippen LogP contribution in [-0.4, -0.2) is 16.0 Å². The Hall–Kier alpha value is -3.00. The van der Waals surface area contributed by atoms with E-state index in [0.29, 0.717) is 38.3 Å². The van der Waals surface area contributed by atoms with E-state index in [2.05, 4.69) is 15.6 Å². The summed E-state index contributed by atoms with van der Waals surface area (Å²) in [7, 11) is 0. The molecule has 0 unspecified atom stereocenters. The summed E-state index contributed by atoms with van der Waals surface area (Å²) in [5.74, 6) is -0.652. The zero-order valence-electron chi connectivity index (χ0n) is 16.0. The Morgan fingerprint density at radius 3 is 2.68 bits per heavy atom. The molecule has 1 amide bonds. The minimum Gasteiger partial charge on any atom is -0.434 e. The van der Waals surface area contributed by atoms with Gasteiger partial charge in [0.15, 0.2) is 10.7 Å². The average molecular weight is 474 g/mol. The Morgan fingerprint density at radius 1 is 1.13 bits per heavy atom. The molecule has 0 saturated heterocycles. The number of anilines is 1. The normalized spacial score (nSPS) is 10.8. The van der Waals surface area contributed by atoms with Crippen LogP contribution in [0.3, 0.4) is 0 Å². The highest BCUT2D eigenvalue weighted by Gasteiger charge is 2.16. The number of thiocarbonyl (C=S) groups is 1. The first-order valence-corrected chi connectivity index (χ1v) is 10.2. The zero-order valence-corrected chi connectivity index (χ0v) is 18.3.